The van der Waals surface area contributed by atoms with E-state index in [2.05, 4.69) is 9.44 Å². The second-order valence-corrected chi connectivity index (χ2v) is 11.7. The standard InChI is InChI=1S/C21H28N2O9S2/c1-12-6-4-9-15(17(12)13-7-5-8-14(10-13)22-33(2,27)28)31-21-18(23-34(3,29)30)20(26)19(25)16(11-24)32-21/h4-10,16,18-26H,11H2,1-3H3. The van der Waals surface area contributed by atoms with Gasteiger partial charge in [-0.05, 0) is 36.2 Å². The van der Waals surface area contributed by atoms with E-state index in [1.54, 1.807) is 36.4 Å². The third kappa shape index (κ3) is 6.44. The van der Waals surface area contributed by atoms with Crippen LogP contribution in [0.5, 0.6) is 5.75 Å². The molecule has 11 nitrogen and oxygen atoms in total. The number of aliphatic hydroxyl groups excluding tert-OH is 3. The minimum atomic E-state index is -3.83. The molecule has 0 bridgehead atoms. The van der Waals surface area contributed by atoms with E-state index >= 15 is 0 Å². The van der Waals surface area contributed by atoms with Gasteiger partial charge in [0.05, 0.1) is 19.1 Å². The van der Waals surface area contributed by atoms with Gasteiger partial charge in [0.25, 0.3) is 0 Å². The highest BCUT2D eigenvalue weighted by atomic mass is 32.2. The Labute approximate surface area is 198 Å². The lowest BCUT2D eigenvalue weighted by atomic mass is 9.97. The quantitative estimate of drug-likeness (QED) is 0.318. The zero-order chi connectivity index (χ0) is 25.3. The molecule has 1 saturated heterocycles. The maximum Gasteiger partial charge on any atom is 0.229 e. The molecule has 5 N–H and O–H groups in total. The van der Waals surface area contributed by atoms with Crippen LogP contribution in [0.25, 0.3) is 11.1 Å². The topological polar surface area (TPSA) is 171 Å². The molecule has 13 heteroatoms. The van der Waals surface area contributed by atoms with Gasteiger partial charge in [0.15, 0.2) is 0 Å². The van der Waals surface area contributed by atoms with Crippen molar-refractivity contribution in [1.82, 2.24) is 4.72 Å². The van der Waals surface area contributed by atoms with Crippen molar-refractivity contribution >= 4 is 25.7 Å². The summed E-state index contributed by atoms with van der Waals surface area (Å²) in [4.78, 5) is 0. The summed E-state index contributed by atoms with van der Waals surface area (Å²) in [7, 11) is -7.34. The summed E-state index contributed by atoms with van der Waals surface area (Å²) in [5.74, 6) is 0.252. The number of benzene rings is 2. The number of hydrogen-bond acceptors (Lipinski definition) is 9. The molecule has 34 heavy (non-hydrogen) atoms. The molecule has 1 aliphatic heterocycles. The van der Waals surface area contributed by atoms with Gasteiger partial charge in [0, 0.05) is 11.3 Å². The van der Waals surface area contributed by atoms with Gasteiger partial charge in [-0.25, -0.2) is 21.6 Å². The Morgan fingerprint density at radius 1 is 1.00 bits per heavy atom. The van der Waals surface area contributed by atoms with Crippen LogP contribution in [0.2, 0.25) is 0 Å². The fourth-order valence-corrected chi connectivity index (χ4v) is 5.04. The Morgan fingerprint density at radius 3 is 2.29 bits per heavy atom. The molecule has 2 aromatic carbocycles. The van der Waals surface area contributed by atoms with Crippen LogP contribution < -0.4 is 14.2 Å². The normalized spacial score (nSPS) is 25.6. The molecule has 1 heterocycles. The summed E-state index contributed by atoms with van der Waals surface area (Å²) < 4.78 is 63.3. The molecule has 1 fully saturated rings. The lowest BCUT2D eigenvalue weighted by Crippen LogP contribution is -2.65. The lowest BCUT2D eigenvalue weighted by molar-refractivity contribution is -0.241. The molecule has 188 valence electrons. The van der Waals surface area contributed by atoms with Crippen LogP contribution in [0.1, 0.15) is 5.56 Å². The summed E-state index contributed by atoms with van der Waals surface area (Å²) in [6.45, 7) is 1.17. The summed E-state index contributed by atoms with van der Waals surface area (Å²) >= 11 is 0. The number of ether oxygens (including phenoxy) is 2. The number of anilines is 1. The molecule has 0 amide bonds. The molecular weight excluding hydrogens is 488 g/mol. The van der Waals surface area contributed by atoms with Gasteiger partial charge in [-0.3, -0.25) is 4.72 Å². The first kappa shape index (κ1) is 26.3. The zero-order valence-electron chi connectivity index (χ0n) is 18.7. The van der Waals surface area contributed by atoms with E-state index in [4.69, 9.17) is 9.47 Å². The SMILES string of the molecule is Cc1cccc(OC2OC(CO)C(O)C(O)C2NS(C)(=O)=O)c1-c1cccc(NS(C)(=O)=O)c1. The molecule has 1 aliphatic rings. The number of sulfonamides is 2. The highest BCUT2D eigenvalue weighted by Crippen LogP contribution is 2.36. The highest BCUT2D eigenvalue weighted by molar-refractivity contribution is 7.92. The predicted molar refractivity (Wildman–Crippen MR) is 125 cm³/mol. The average Bonchev–Trinajstić information content (AvgIpc) is 2.71. The van der Waals surface area contributed by atoms with E-state index in [9.17, 15) is 32.2 Å². The van der Waals surface area contributed by atoms with Crippen molar-refractivity contribution in [2.45, 2.75) is 37.6 Å². The van der Waals surface area contributed by atoms with Gasteiger partial charge in [-0.2, -0.15) is 0 Å². The number of aryl methyl sites for hydroxylation is 1. The molecule has 0 radical (unpaired) electrons. The van der Waals surface area contributed by atoms with Crippen LogP contribution >= 0.6 is 0 Å². The zero-order valence-corrected chi connectivity index (χ0v) is 20.4. The summed E-state index contributed by atoms with van der Waals surface area (Å²) in [5, 5.41) is 30.3. The van der Waals surface area contributed by atoms with Crippen LogP contribution in [-0.2, 0) is 24.8 Å². The predicted octanol–water partition coefficient (Wildman–Crippen LogP) is -0.231. The Hall–Kier alpha value is -2.26. The van der Waals surface area contributed by atoms with Crippen LogP contribution in [0.15, 0.2) is 42.5 Å². The Bertz CT molecular complexity index is 1230. The number of aliphatic hydroxyl groups is 3. The lowest BCUT2D eigenvalue weighted by Gasteiger charge is -2.42. The summed E-state index contributed by atoms with van der Waals surface area (Å²) in [5.41, 5.74) is 2.27. The van der Waals surface area contributed by atoms with Crippen LogP contribution in [0.4, 0.5) is 5.69 Å². The van der Waals surface area contributed by atoms with Gasteiger partial charge >= 0.3 is 0 Å². The largest absolute Gasteiger partial charge is 0.462 e. The number of rotatable bonds is 8. The highest BCUT2D eigenvalue weighted by Gasteiger charge is 2.47. The molecule has 3 rings (SSSR count). The fraction of sp³-hybridized carbons (Fsp3) is 0.429. The van der Waals surface area contributed by atoms with Gasteiger partial charge in [0.1, 0.15) is 30.1 Å². The number of nitrogens with one attached hydrogen (secondary N) is 2. The first-order valence-corrected chi connectivity index (χ1v) is 14.0. The van der Waals surface area contributed by atoms with Gasteiger partial charge in [-0.1, -0.05) is 24.3 Å². The van der Waals surface area contributed by atoms with Gasteiger partial charge in [0.2, 0.25) is 26.3 Å². The van der Waals surface area contributed by atoms with Crippen molar-refractivity contribution in [2.24, 2.45) is 0 Å². The minimum absolute atomic E-state index is 0.252. The molecule has 0 aliphatic carbocycles. The first-order chi connectivity index (χ1) is 15.8. The maximum absolute atomic E-state index is 11.9. The molecule has 2 aromatic rings. The van der Waals surface area contributed by atoms with E-state index < -0.39 is 57.3 Å². The Balaban J connectivity index is 2.02. The van der Waals surface area contributed by atoms with E-state index in [0.717, 1.165) is 18.1 Å². The second kappa shape index (κ2) is 10.2. The molecule has 0 saturated carbocycles. The van der Waals surface area contributed by atoms with Crippen LogP contribution in [0, 0.1) is 6.92 Å². The van der Waals surface area contributed by atoms with Crippen molar-refractivity contribution < 1.29 is 41.6 Å². The minimum Gasteiger partial charge on any atom is -0.462 e. The molecule has 0 spiro atoms. The fourth-order valence-electron chi connectivity index (χ4n) is 3.74. The Kier molecular flexibility index (Phi) is 7.87. The van der Waals surface area contributed by atoms with Crippen molar-refractivity contribution in [3.63, 3.8) is 0 Å². The van der Waals surface area contributed by atoms with Crippen LogP contribution in [-0.4, -0.2) is 81.9 Å². The molecule has 5 atom stereocenters. The number of hydrogen-bond donors (Lipinski definition) is 5. The first-order valence-electron chi connectivity index (χ1n) is 10.2. The second-order valence-electron chi connectivity index (χ2n) is 8.14. The van der Waals surface area contributed by atoms with E-state index in [0.29, 0.717) is 16.8 Å². The third-order valence-electron chi connectivity index (χ3n) is 5.16. The maximum atomic E-state index is 11.9. The van der Waals surface area contributed by atoms with E-state index in [1.807, 2.05) is 13.0 Å². The van der Waals surface area contributed by atoms with Crippen molar-refractivity contribution in [1.29, 1.82) is 0 Å². The average molecular weight is 517 g/mol. The van der Waals surface area contributed by atoms with E-state index in [-0.39, 0.29) is 5.75 Å². The Morgan fingerprint density at radius 2 is 1.68 bits per heavy atom. The smallest absolute Gasteiger partial charge is 0.229 e. The van der Waals surface area contributed by atoms with Gasteiger partial charge in [-0.15, -0.1) is 0 Å². The van der Waals surface area contributed by atoms with E-state index in [1.165, 1.54) is 0 Å². The monoisotopic (exact) mass is 516 g/mol. The third-order valence-corrected chi connectivity index (χ3v) is 6.47. The van der Waals surface area contributed by atoms with Crippen molar-refractivity contribution in [2.75, 3.05) is 23.8 Å². The summed E-state index contributed by atoms with van der Waals surface area (Å²) in [6.07, 6.45) is -3.87. The van der Waals surface area contributed by atoms with Crippen molar-refractivity contribution in [3.05, 3.63) is 48.0 Å². The molecular formula is C21H28N2O9S2. The summed E-state index contributed by atoms with van der Waals surface area (Å²) in [6, 6.07) is 10.3. The molecule has 5 unspecified atom stereocenters. The van der Waals surface area contributed by atoms with Gasteiger partial charge < -0.3 is 24.8 Å². The van der Waals surface area contributed by atoms with Crippen molar-refractivity contribution in [3.8, 4) is 16.9 Å². The molecule has 0 aromatic heterocycles. The van der Waals surface area contributed by atoms with Crippen LogP contribution in [0.3, 0.4) is 0 Å².